The lowest BCUT2D eigenvalue weighted by atomic mass is 10.1. The number of nitrogens with zero attached hydrogens (tertiary/aromatic N) is 1. The van der Waals surface area contributed by atoms with Gasteiger partial charge in [-0.2, -0.15) is 0 Å². The third-order valence-corrected chi connectivity index (χ3v) is 3.50. The molecule has 72 valence electrons. The van der Waals surface area contributed by atoms with Gasteiger partial charge in [-0.1, -0.05) is 6.92 Å². The summed E-state index contributed by atoms with van der Waals surface area (Å²) in [4.78, 5) is 4.25. The van der Waals surface area contributed by atoms with Crippen molar-refractivity contribution in [3.63, 3.8) is 0 Å². The molecule has 1 aromatic rings. The van der Waals surface area contributed by atoms with Crippen molar-refractivity contribution in [2.45, 2.75) is 38.8 Å². The van der Waals surface area contributed by atoms with Crippen LogP contribution in [0.2, 0.25) is 0 Å². The fraction of sp³-hybridized carbons (Fsp3) is 0.700. The smallest absolute Gasteiger partial charge is 0.106 e. The summed E-state index contributed by atoms with van der Waals surface area (Å²) in [5, 5.41) is 6.81. The first-order valence-electron chi connectivity index (χ1n) is 4.96. The van der Waals surface area contributed by atoms with Crippen LogP contribution in [0.3, 0.4) is 0 Å². The molecule has 0 bridgehead atoms. The van der Waals surface area contributed by atoms with Crippen molar-refractivity contribution in [3.05, 3.63) is 16.6 Å². The summed E-state index contributed by atoms with van der Waals surface area (Å²) in [6.45, 7) is 3.29. The molecule has 1 heterocycles. The Morgan fingerprint density at radius 1 is 1.62 bits per heavy atom. The lowest BCUT2D eigenvalue weighted by molar-refractivity contribution is 0.501. The quantitative estimate of drug-likeness (QED) is 0.803. The SMILES string of the molecule is CC1CCC(NCc2nccs2)C1. The molecule has 13 heavy (non-hydrogen) atoms. The molecule has 0 aliphatic heterocycles. The summed E-state index contributed by atoms with van der Waals surface area (Å²) < 4.78 is 0. The Labute approximate surface area is 83.4 Å². The van der Waals surface area contributed by atoms with Crippen LogP contribution in [0.4, 0.5) is 0 Å². The molecule has 0 radical (unpaired) electrons. The molecule has 1 aliphatic carbocycles. The summed E-state index contributed by atoms with van der Waals surface area (Å²) in [5.41, 5.74) is 0. The Kier molecular flexibility index (Phi) is 2.96. The maximum atomic E-state index is 4.25. The predicted octanol–water partition coefficient (Wildman–Crippen LogP) is 2.42. The third kappa shape index (κ3) is 2.51. The van der Waals surface area contributed by atoms with Gasteiger partial charge in [-0.25, -0.2) is 4.98 Å². The van der Waals surface area contributed by atoms with Crippen molar-refractivity contribution in [2.24, 2.45) is 5.92 Å². The topological polar surface area (TPSA) is 24.9 Å². The van der Waals surface area contributed by atoms with Crippen molar-refractivity contribution >= 4 is 11.3 Å². The van der Waals surface area contributed by atoms with Gasteiger partial charge in [0, 0.05) is 24.2 Å². The van der Waals surface area contributed by atoms with Gasteiger partial charge in [-0.15, -0.1) is 11.3 Å². The van der Waals surface area contributed by atoms with E-state index in [2.05, 4.69) is 17.2 Å². The second-order valence-corrected chi connectivity index (χ2v) is 4.90. The standard InChI is InChI=1S/C10H16N2S/c1-8-2-3-9(6-8)12-7-10-11-4-5-13-10/h4-5,8-9,12H,2-3,6-7H2,1H3. The largest absolute Gasteiger partial charge is 0.308 e. The molecule has 0 amide bonds. The molecule has 1 fully saturated rings. The first-order chi connectivity index (χ1) is 6.34. The van der Waals surface area contributed by atoms with Gasteiger partial charge in [-0.05, 0) is 25.2 Å². The van der Waals surface area contributed by atoms with Gasteiger partial charge in [0.25, 0.3) is 0 Å². The van der Waals surface area contributed by atoms with E-state index in [1.165, 1.54) is 24.3 Å². The molecule has 2 atom stereocenters. The van der Waals surface area contributed by atoms with Crippen LogP contribution in [0.15, 0.2) is 11.6 Å². The molecule has 2 rings (SSSR count). The minimum absolute atomic E-state index is 0.735. The van der Waals surface area contributed by atoms with Gasteiger partial charge in [0.05, 0.1) is 0 Å². The van der Waals surface area contributed by atoms with Crippen molar-refractivity contribution in [1.82, 2.24) is 10.3 Å². The van der Waals surface area contributed by atoms with E-state index < -0.39 is 0 Å². The van der Waals surface area contributed by atoms with Crippen LogP contribution in [-0.4, -0.2) is 11.0 Å². The first-order valence-corrected chi connectivity index (χ1v) is 5.84. The Morgan fingerprint density at radius 3 is 3.15 bits per heavy atom. The maximum Gasteiger partial charge on any atom is 0.106 e. The van der Waals surface area contributed by atoms with Crippen LogP contribution in [0.1, 0.15) is 31.2 Å². The fourth-order valence-electron chi connectivity index (χ4n) is 1.96. The second kappa shape index (κ2) is 4.20. The van der Waals surface area contributed by atoms with Gasteiger partial charge in [0.2, 0.25) is 0 Å². The number of hydrogen-bond acceptors (Lipinski definition) is 3. The zero-order valence-electron chi connectivity index (χ0n) is 7.99. The fourth-order valence-corrected chi connectivity index (χ4v) is 2.53. The molecule has 3 heteroatoms. The van der Waals surface area contributed by atoms with E-state index >= 15 is 0 Å². The average molecular weight is 196 g/mol. The Balaban J connectivity index is 1.74. The number of thiazole rings is 1. The van der Waals surface area contributed by atoms with Crippen molar-refractivity contribution in [3.8, 4) is 0 Å². The molecule has 0 saturated heterocycles. The zero-order chi connectivity index (χ0) is 9.10. The average Bonchev–Trinajstić information content (AvgIpc) is 2.71. The molecular weight excluding hydrogens is 180 g/mol. The zero-order valence-corrected chi connectivity index (χ0v) is 8.81. The summed E-state index contributed by atoms with van der Waals surface area (Å²) in [6, 6.07) is 0.735. The highest BCUT2D eigenvalue weighted by molar-refractivity contribution is 7.09. The molecule has 0 aromatic carbocycles. The van der Waals surface area contributed by atoms with Crippen molar-refractivity contribution in [2.75, 3.05) is 0 Å². The third-order valence-electron chi connectivity index (χ3n) is 2.72. The van der Waals surface area contributed by atoms with E-state index in [0.29, 0.717) is 0 Å². The Bertz CT molecular complexity index is 245. The van der Waals surface area contributed by atoms with Crippen molar-refractivity contribution in [1.29, 1.82) is 0 Å². The number of hydrogen-bond donors (Lipinski definition) is 1. The highest BCUT2D eigenvalue weighted by Crippen LogP contribution is 2.24. The van der Waals surface area contributed by atoms with Gasteiger partial charge in [0.15, 0.2) is 0 Å². The lowest BCUT2D eigenvalue weighted by Gasteiger charge is -2.10. The highest BCUT2D eigenvalue weighted by atomic mass is 32.1. The molecule has 1 aliphatic rings. The number of rotatable bonds is 3. The van der Waals surface area contributed by atoms with Gasteiger partial charge in [-0.3, -0.25) is 0 Å². The van der Waals surface area contributed by atoms with Gasteiger partial charge in [0.1, 0.15) is 5.01 Å². The van der Waals surface area contributed by atoms with E-state index in [4.69, 9.17) is 0 Å². The summed E-state index contributed by atoms with van der Waals surface area (Å²) in [7, 11) is 0. The minimum atomic E-state index is 0.735. The molecule has 2 unspecified atom stereocenters. The summed E-state index contributed by atoms with van der Waals surface area (Å²) in [5.74, 6) is 0.911. The summed E-state index contributed by atoms with van der Waals surface area (Å²) in [6.07, 6.45) is 5.94. The van der Waals surface area contributed by atoms with Crippen LogP contribution < -0.4 is 5.32 Å². The number of aromatic nitrogens is 1. The molecule has 1 aromatic heterocycles. The van der Waals surface area contributed by atoms with Crippen LogP contribution in [0, 0.1) is 5.92 Å². The van der Waals surface area contributed by atoms with E-state index in [0.717, 1.165) is 18.5 Å². The van der Waals surface area contributed by atoms with Gasteiger partial charge < -0.3 is 5.32 Å². The predicted molar refractivity (Wildman–Crippen MR) is 55.8 cm³/mol. The lowest BCUT2D eigenvalue weighted by Crippen LogP contribution is -2.25. The Morgan fingerprint density at radius 2 is 2.54 bits per heavy atom. The molecule has 1 saturated carbocycles. The van der Waals surface area contributed by atoms with E-state index in [-0.39, 0.29) is 0 Å². The monoisotopic (exact) mass is 196 g/mol. The normalized spacial score (nSPS) is 28.1. The molecule has 2 nitrogen and oxygen atoms in total. The van der Waals surface area contributed by atoms with E-state index in [1.807, 2.05) is 11.6 Å². The van der Waals surface area contributed by atoms with E-state index in [9.17, 15) is 0 Å². The van der Waals surface area contributed by atoms with Crippen LogP contribution >= 0.6 is 11.3 Å². The number of nitrogens with one attached hydrogen (secondary N) is 1. The van der Waals surface area contributed by atoms with Crippen molar-refractivity contribution < 1.29 is 0 Å². The van der Waals surface area contributed by atoms with E-state index in [1.54, 1.807) is 11.3 Å². The van der Waals surface area contributed by atoms with Crippen LogP contribution in [0.5, 0.6) is 0 Å². The second-order valence-electron chi connectivity index (χ2n) is 3.92. The van der Waals surface area contributed by atoms with Crippen LogP contribution in [0.25, 0.3) is 0 Å². The maximum absolute atomic E-state index is 4.25. The summed E-state index contributed by atoms with van der Waals surface area (Å²) >= 11 is 1.73. The Hall–Kier alpha value is -0.410. The van der Waals surface area contributed by atoms with Gasteiger partial charge >= 0.3 is 0 Å². The molecular formula is C10H16N2S. The molecule has 1 N–H and O–H groups in total. The van der Waals surface area contributed by atoms with Crippen LogP contribution in [-0.2, 0) is 6.54 Å². The minimum Gasteiger partial charge on any atom is -0.308 e. The highest BCUT2D eigenvalue weighted by Gasteiger charge is 2.20. The first kappa shape index (κ1) is 9.16. The molecule has 0 spiro atoms.